The largest absolute Gasteiger partial charge is 0.493 e. The third kappa shape index (κ3) is 5.30. The summed E-state index contributed by atoms with van der Waals surface area (Å²) in [5.41, 5.74) is 1.30. The molecule has 130 valence electrons. The van der Waals surface area contributed by atoms with Gasteiger partial charge in [-0.05, 0) is 36.4 Å². The van der Waals surface area contributed by atoms with Gasteiger partial charge in [-0.1, -0.05) is 16.8 Å². The molecule has 0 N–H and O–H groups in total. The highest BCUT2D eigenvalue weighted by Crippen LogP contribution is 2.35. The zero-order chi connectivity index (χ0) is 18.1. The molecule has 0 aromatic heterocycles. The van der Waals surface area contributed by atoms with Crippen LogP contribution in [0.25, 0.3) is 0 Å². The van der Waals surface area contributed by atoms with Gasteiger partial charge in [-0.25, -0.2) is 0 Å². The van der Waals surface area contributed by atoms with Gasteiger partial charge >= 0.3 is 0 Å². The SMILES string of the molecule is COc1cc(C=NOCCOc2ccc(C#N)cc2)cc(Cl)c1OC. The van der Waals surface area contributed by atoms with Gasteiger partial charge in [-0.3, -0.25) is 0 Å². The first-order chi connectivity index (χ1) is 12.2. The number of oxime groups is 1. The van der Waals surface area contributed by atoms with Crippen LogP contribution in [0.3, 0.4) is 0 Å². The highest BCUT2D eigenvalue weighted by atomic mass is 35.5. The molecule has 0 heterocycles. The van der Waals surface area contributed by atoms with Crippen molar-refractivity contribution >= 4 is 17.8 Å². The summed E-state index contributed by atoms with van der Waals surface area (Å²) < 4.78 is 15.9. The van der Waals surface area contributed by atoms with Gasteiger partial charge in [0.2, 0.25) is 0 Å². The Bertz CT molecular complexity index is 770. The third-order valence-corrected chi connectivity index (χ3v) is 3.44. The van der Waals surface area contributed by atoms with E-state index in [1.165, 1.54) is 20.4 Å². The van der Waals surface area contributed by atoms with Gasteiger partial charge in [0.05, 0.1) is 37.1 Å². The molecule has 0 saturated heterocycles. The highest BCUT2D eigenvalue weighted by Gasteiger charge is 2.09. The smallest absolute Gasteiger partial charge is 0.179 e. The molecule has 0 aliphatic heterocycles. The number of hydrogen-bond acceptors (Lipinski definition) is 6. The molecule has 2 aromatic carbocycles. The molecule has 0 aliphatic rings. The molecule has 25 heavy (non-hydrogen) atoms. The lowest BCUT2D eigenvalue weighted by Gasteiger charge is -2.09. The molecule has 0 saturated carbocycles. The van der Waals surface area contributed by atoms with Gasteiger partial charge in [-0.2, -0.15) is 5.26 Å². The Labute approximate surface area is 151 Å². The van der Waals surface area contributed by atoms with Crippen molar-refractivity contribution in [1.29, 1.82) is 5.26 Å². The minimum atomic E-state index is 0.275. The zero-order valence-electron chi connectivity index (χ0n) is 13.9. The molecule has 2 aromatic rings. The van der Waals surface area contributed by atoms with Crippen LogP contribution in [-0.2, 0) is 4.84 Å². The summed E-state index contributed by atoms with van der Waals surface area (Å²) in [4.78, 5) is 5.15. The summed E-state index contributed by atoms with van der Waals surface area (Å²) in [6, 6.07) is 12.3. The predicted molar refractivity (Wildman–Crippen MR) is 94.8 cm³/mol. The molecule has 0 atom stereocenters. The molecule has 7 heteroatoms. The van der Waals surface area contributed by atoms with Crippen LogP contribution in [0.2, 0.25) is 5.02 Å². The Morgan fingerprint density at radius 2 is 1.88 bits per heavy atom. The molecular weight excluding hydrogens is 344 g/mol. The van der Waals surface area contributed by atoms with E-state index >= 15 is 0 Å². The van der Waals surface area contributed by atoms with E-state index in [0.717, 1.165) is 5.56 Å². The number of rotatable bonds is 8. The van der Waals surface area contributed by atoms with Crippen LogP contribution in [0.4, 0.5) is 0 Å². The van der Waals surface area contributed by atoms with Crippen LogP contribution in [0.1, 0.15) is 11.1 Å². The van der Waals surface area contributed by atoms with Crippen LogP contribution in [0, 0.1) is 11.3 Å². The second-order valence-electron chi connectivity index (χ2n) is 4.79. The average Bonchev–Trinajstić information content (AvgIpc) is 2.64. The number of benzene rings is 2. The Balaban J connectivity index is 1.81. The third-order valence-electron chi connectivity index (χ3n) is 3.16. The Kier molecular flexibility index (Phi) is 6.93. The minimum absolute atomic E-state index is 0.275. The lowest BCUT2D eigenvalue weighted by Crippen LogP contribution is -2.04. The molecule has 2 rings (SSSR count). The van der Waals surface area contributed by atoms with Crippen molar-refractivity contribution in [2.45, 2.75) is 0 Å². The summed E-state index contributed by atoms with van der Waals surface area (Å²) in [7, 11) is 3.06. The number of nitrogens with zero attached hydrogens (tertiary/aromatic N) is 2. The van der Waals surface area contributed by atoms with Gasteiger partial charge in [-0.15, -0.1) is 0 Å². The number of nitriles is 1. The van der Waals surface area contributed by atoms with Gasteiger partial charge in [0.15, 0.2) is 18.1 Å². The monoisotopic (exact) mass is 360 g/mol. The highest BCUT2D eigenvalue weighted by molar-refractivity contribution is 6.32. The second-order valence-corrected chi connectivity index (χ2v) is 5.20. The Hall–Kier alpha value is -2.91. The predicted octanol–water partition coefficient (Wildman–Crippen LogP) is 3.66. The van der Waals surface area contributed by atoms with Crippen LogP contribution < -0.4 is 14.2 Å². The zero-order valence-corrected chi connectivity index (χ0v) is 14.6. The van der Waals surface area contributed by atoms with E-state index in [0.29, 0.717) is 34.4 Å². The standard InChI is InChI=1S/C18H17ClN2O4/c1-22-17-10-14(9-16(19)18(17)23-2)12-21-25-8-7-24-15-5-3-13(11-20)4-6-15/h3-6,9-10,12H,7-8H2,1-2H3. The molecule has 0 aliphatic carbocycles. The first kappa shape index (κ1) is 18.4. The van der Waals surface area contributed by atoms with E-state index in [2.05, 4.69) is 5.16 Å². The van der Waals surface area contributed by atoms with Gasteiger partial charge in [0, 0.05) is 5.56 Å². The maximum Gasteiger partial charge on any atom is 0.179 e. The Morgan fingerprint density at radius 3 is 2.52 bits per heavy atom. The van der Waals surface area contributed by atoms with E-state index in [9.17, 15) is 0 Å². The molecule has 0 radical (unpaired) electrons. The van der Waals surface area contributed by atoms with E-state index in [1.54, 1.807) is 36.4 Å². The molecule has 0 amide bonds. The van der Waals surface area contributed by atoms with E-state index in [1.807, 2.05) is 6.07 Å². The summed E-state index contributed by atoms with van der Waals surface area (Å²) >= 11 is 6.12. The molecule has 0 unspecified atom stereocenters. The summed E-state index contributed by atoms with van der Waals surface area (Å²) in [5, 5.41) is 13.0. The van der Waals surface area contributed by atoms with Crippen molar-refractivity contribution in [3.63, 3.8) is 0 Å². The summed E-state index contributed by atoms with van der Waals surface area (Å²) in [6.45, 7) is 0.605. The molecule has 6 nitrogen and oxygen atoms in total. The average molecular weight is 361 g/mol. The minimum Gasteiger partial charge on any atom is -0.493 e. The van der Waals surface area contributed by atoms with Crippen LogP contribution >= 0.6 is 11.6 Å². The maximum atomic E-state index is 8.73. The van der Waals surface area contributed by atoms with Crippen molar-refractivity contribution in [1.82, 2.24) is 0 Å². The van der Waals surface area contributed by atoms with Gasteiger partial charge < -0.3 is 19.0 Å². The quantitative estimate of drug-likeness (QED) is 0.408. The second kappa shape index (κ2) is 9.40. The normalized spacial score (nSPS) is 10.3. The fraction of sp³-hybridized carbons (Fsp3) is 0.222. The summed E-state index contributed by atoms with van der Waals surface area (Å²) in [6.07, 6.45) is 1.52. The van der Waals surface area contributed by atoms with Crippen LogP contribution in [-0.4, -0.2) is 33.6 Å². The molecular formula is C18H17ClN2O4. The molecule has 0 fully saturated rings. The maximum absolute atomic E-state index is 8.73. The topological polar surface area (TPSA) is 73.1 Å². The van der Waals surface area contributed by atoms with Crippen molar-refractivity contribution < 1.29 is 19.0 Å². The fourth-order valence-corrected chi connectivity index (χ4v) is 2.28. The molecule has 0 spiro atoms. The van der Waals surface area contributed by atoms with E-state index in [4.69, 9.17) is 35.9 Å². The number of ether oxygens (including phenoxy) is 3. The lowest BCUT2D eigenvalue weighted by molar-refractivity contribution is 0.108. The lowest BCUT2D eigenvalue weighted by atomic mass is 10.2. The van der Waals surface area contributed by atoms with Gasteiger partial charge in [0.25, 0.3) is 0 Å². The molecule has 0 bridgehead atoms. The van der Waals surface area contributed by atoms with E-state index in [-0.39, 0.29) is 6.61 Å². The van der Waals surface area contributed by atoms with Crippen molar-refractivity contribution in [3.05, 3.63) is 52.5 Å². The number of hydrogen-bond donors (Lipinski definition) is 0. The van der Waals surface area contributed by atoms with Crippen LogP contribution in [0.15, 0.2) is 41.6 Å². The number of methoxy groups -OCH3 is 2. The van der Waals surface area contributed by atoms with E-state index < -0.39 is 0 Å². The van der Waals surface area contributed by atoms with Crippen molar-refractivity contribution in [2.75, 3.05) is 27.4 Å². The van der Waals surface area contributed by atoms with Crippen LogP contribution in [0.5, 0.6) is 17.2 Å². The fourth-order valence-electron chi connectivity index (χ4n) is 1.99. The first-order valence-electron chi connectivity index (χ1n) is 7.37. The number of halogens is 1. The van der Waals surface area contributed by atoms with Gasteiger partial charge in [0.1, 0.15) is 12.4 Å². The van der Waals surface area contributed by atoms with Crippen molar-refractivity contribution in [2.24, 2.45) is 5.16 Å². The first-order valence-corrected chi connectivity index (χ1v) is 7.75. The Morgan fingerprint density at radius 1 is 1.12 bits per heavy atom. The summed E-state index contributed by atoms with van der Waals surface area (Å²) in [5.74, 6) is 1.65. The van der Waals surface area contributed by atoms with Crippen molar-refractivity contribution in [3.8, 4) is 23.3 Å².